The van der Waals surface area contributed by atoms with Crippen molar-refractivity contribution in [3.05, 3.63) is 0 Å². The number of carboxylic acid groups (broad SMARTS) is 1. The van der Waals surface area contributed by atoms with Gasteiger partial charge in [-0.25, -0.2) is 0 Å². The molecule has 2 aliphatic rings. The third-order valence-corrected chi connectivity index (χ3v) is 4.17. The molecule has 2 rings (SSSR count). The Hall–Kier alpha value is -1.14. The lowest BCUT2D eigenvalue weighted by molar-refractivity contribution is -0.142. The van der Waals surface area contributed by atoms with E-state index in [1.165, 1.54) is 6.42 Å². The zero-order valence-electron chi connectivity index (χ0n) is 10.7. The maximum atomic E-state index is 12.1. The van der Waals surface area contributed by atoms with Gasteiger partial charge in [0.05, 0.1) is 12.5 Å². The number of nitrogens with two attached hydrogens (primary N) is 1. The van der Waals surface area contributed by atoms with Crippen LogP contribution >= 0.6 is 0 Å². The summed E-state index contributed by atoms with van der Waals surface area (Å²) in [4.78, 5) is 26.8. The van der Waals surface area contributed by atoms with Gasteiger partial charge in [-0.3, -0.25) is 14.5 Å². The van der Waals surface area contributed by atoms with Crippen molar-refractivity contribution in [3.8, 4) is 0 Å². The number of nitrogens with zero attached hydrogens (tertiary/aromatic N) is 2. The second kappa shape index (κ2) is 5.24. The first kappa shape index (κ1) is 13.3. The van der Waals surface area contributed by atoms with Gasteiger partial charge in [0.2, 0.25) is 5.91 Å². The summed E-state index contributed by atoms with van der Waals surface area (Å²) in [6, 6.07) is 0.0476. The van der Waals surface area contributed by atoms with E-state index in [9.17, 15) is 9.59 Å². The van der Waals surface area contributed by atoms with Crippen molar-refractivity contribution in [3.63, 3.8) is 0 Å². The van der Waals surface area contributed by atoms with Crippen LogP contribution in [0.4, 0.5) is 0 Å². The molecule has 0 aliphatic carbocycles. The van der Waals surface area contributed by atoms with Crippen LogP contribution in [0.25, 0.3) is 0 Å². The number of carboxylic acids is 1. The summed E-state index contributed by atoms with van der Waals surface area (Å²) in [5.41, 5.74) is 5.65. The number of likely N-dealkylation sites (tertiary alicyclic amines) is 1. The molecule has 3 unspecified atom stereocenters. The molecule has 3 N–H and O–H groups in total. The maximum Gasteiger partial charge on any atom is 0.305 e. The Bertz CT molecular complexity index is 347. The first-order valence-electron chi connectivity index (χ1n) is 6.47. The molecule has 2 heterocycles. The summed E-state index contributed by atoms with van der Waals surface area (Å²) < 4.78 is 0. The molecule has 0 aromatic rings. The third-order valence-electron chi connectivity index (χ3n) is 4.17. The number of rotatable bonds is 3. The van der Waals surface area contributed by atoms with Crippen LogP contribution in [0.2, 0.25) is 0 Å². The molecule has 1 amide bonds. The van der Waals surface area contributed by atoms with Gasteiger partial charge in [0, 0.05) is 25.2 Å². The van der Waals surface area contributed by atoms with Gasteiger partial charge in [-0.05, 0) is 26.3 Å². The zero-order chi connectivity index (χ0) is 13.3. The average molecular weight is 255 g/mol. The standard InChI is InChI=1S/C12H21N3O3/c1-14-8-2-3-9(14)7-15(5-4-8)12(18)10(13)6-11(16)17/h8-10H,2-7,13H2,1H3,(H,16,17). The van der Waals surface area contributed by atoms with Crippen molar-refractivity contribution in [2.24, 2.45) is 5.73 Å². The van der Waals surface area contributed by atoms with E-state index < -0.39 is 12.0 Å². The largest absolute Gasteiger partial charge is 0.481 e. The van der Waals surface area contributed by atoms with Crippen LogP contribution in [0.1, 0.15) is 25.7 Å². The lowest BCUT2D eigenvalue weighted by atomic mass is 10.1. The van der Waals surface area contributed by atoms with Crippen LogP contribution in [0.15, 0.2) is 0 Å². The number of fused-ring (bicyclic) bond motifs is 2. The Morgan fingerprint density at radius 3 is 2.67 bits per heavy atom. The number of hydrogen-bond donors (Lipinski definition) is 2. The molecule has 0 saturated carbocycles. The molecule has 2 fully saturated rings. The number of amides is 1. The first-order chi connectivity index (χ1) is 8.49. The highest BCUT2D eigenvalue weighted by Gasteiger charge is 2.37. The lowest BCUT2D eigenvalue weighted by Crippen LogP contribution is -2.48. The van der Waals surface area contributed by atoms with Gasteiger partial charge >= 0.3 is 5.97 Å². The summed E-state index contributed by atoms with van der Waals surface area (Å²) in [6.07, 6.45) is 2.97. The maximum absolute atomic E-state index is 12.1. The van der Waals surface area contributed by atoms with Crippen LogP contribution < -0.4 is 5.73 Å². The van der Waals surface area contributed by atoms with Crippen molar-refractivity contribution in [2.45, 2.75) is 43.8 Å². The number of hydrogen-bond acceptors (Lipinski definition) is 4. The molecular weight excluding hydrogens is 234 g/mol. The fourth-order valence-electron chi connectivity index (χ4n) is 3.02. The molecule has 0 aromatic heterocycles. The topological polar surface area (TPSA) is 86.9 Å². The van der Waals surface area contributed by atoms with Crippen LogP contribution in [-0.4, -0.2) is 65.0 Å². The monoisotopic (exact) mass is 255 g/mol. The Kier molecular flexibility index (Phi) is 3.87. The van der Waals surface area contributed by atoms with E-state index >= 15 is 0 Å². The van der Waals surface area contributed by atoms with Gasteiger partial charge in [0.15, 0.2) is 0 Å². The van der Waals surface area contributed by atoms with Crippen LogP contribution in [0, 0.1) is 0 Å². The third kappa shape index (κ3) is 2.64. The zero-order valence-corrected chi connectivity index (χ0v) is 10.7. The second-order valence-electron chi connectivity index (χ2n) is 5.33. The van der Waals surface area contributed by atoms with Gasteiger partial charge in [-0.15, -0.1) is 0 Å². The molecule has 0 radical (unpaired) electrons. The Morgan fingerprint density at radius 1 is 1.33 bits per heavy atom. The van der Waals surface area contributed by atoms with Crippen LogP contribution in [0.3, 0.4) is 0 Å². The highest BCUT2D eigenvalue weighted by Crippen LogP contribution is 2.28. The minimum Gasteiger partial charge on any atom is -0.481 e. The number of carbonyl (C=O) groups excluding carboxylic acids is 1. The minimum absolute atomic E-state index is 0.224. The molecule has 0 spiro atoms. The van der Waals surface area contributed by atoms with Crippen molar-refractivity contribution in [2.75, 3.05) is 20.1 Å². The number of carbonyl (C=O) groups is 2. The normalized spacial score (nSPS) is 30.0. The second-order valence-corrected chi connectivity index (χ2v) is 5.33. The molecule has 2 saturated heterocycles. The Labute approximate surface area is 107 Å². The molecule has 3 atom stereocenters. The summed E-state index contributed by atoms with van der Waals surface area (Å²) in [5.74, 6) is -1.25. The predicted molar refractivity (Wildman–Crippen MR) is 66.0 cm³/mol. The van der Waals surface area contributed by atoms with E-state index in [1.807, 2.05) is 0 Å². The molecule has 0 aromatic carbocycles. The molecular formula is C12H21N3O3. The molecule has 18 heavy (non-hydrogen) atoms. The highest BCUT2D eigenvalue weighted by atomic mass is 16.4. The van der Waals surface area contributed by atoms with E-state index in [1.54, 1.807) is 4.90 Å². The van der Waals surface area contributed by atoms with Crippen molar-refractivity contribution in [1.82, 2.24) is 9.80 Å². The van der Waals surface area contributed by atoms with E-state index in [0.29, 0.717) is 25.2 Å². The average Bonchev–Trinajstić information content (AvgIpc) is 2.51. The summed E-state index contributed by atoms with van der Waals surface area (Å²) >= 11 is 0. The van der Waals surface area contributed by atoms with E-state index in [4.69, 9.17) is 10.8 Å². The number of aliphatic carboxylic acids is 1. The summed E-state index contributed by atoms with van der Waals surface area (Å²) in [7, 11) is 2.10. The first-order valence-corrected chi connectivity index (χ1v) is 6.47. The van der Waals surface area contributed by atoms with Gasteiger partial charge in [-0.2, -0.15) is 0 Å². The van der Waals surface area contributed by atoms with Gasteiger partial charge in [-0.1, -0.05) is 0 Å². The minimum atomic E-state index is -1.02. The van der Waals surface area contributed by atoms with Crippen molar-refractivity contribution in [1.29, 1.82) is 0 Å². The molecule has 2 bridgehead atoms. The van der Waals surface area contributed by atoms with Crippen LogP contribution in [0.5, 0.6) is 0 Å². The fraction of sp³-hybridized carbons (Fsp3) is 0.833. The van der Waals surface area contributed by atoms with Crippen molar-refractivity contribution >= 4 is 11.9 Å². The molecule has 2 aliphatic heterocycles. The molecule has 6 nitrogen and oxygen atoms in total. The Balaban J connectivity index is 1.97. The SMILES string of the molecule is CN1C2CCC1CN(C(=O)C(N)CC(=O)O)CC2. The fourth-order valence-corrected chi connectivity index (χ4v) is 3.02. The highest BCUT2D eigenvalue weighted by molar-refractivity contribution is 5.86. The van der Waals surface area contributed by atoms with E-state index in [0.717, 1.165) is 12.8 Å². The summed E-state index contributed by atoms with van der Waals surface area (Å²) in [6.45, 7) is 1.37. The summed E-state index contributed by atoms with van der Waals surface area (Å²) in [5, 5.41) is 8.68. The van der Waals surface area contributed by atoms with Gasteiger partial charge < -0.3 is 15.7 Å². The predicted octanol–water partition coefficient (Wildman–Crippen LogP) is -0.516. The smallest absolute Gasteiger partial charge is 0.305 e. The van der Waals surface area contributed by atoms with Gasteiger partial charge in [0.1, 0.15) is 0 Å². The lowest BCUT2D eigenvalue weighted by Gasteiger charge is -2.27. The van der Waals surface area contributed by atoms with Crippen molar-refractivity contribution < 1.29 is 14.7 Å². The molecule has 6 heteroatoms. The Morgan fingerprint density at radius 2 is 2.00 bits per heavy atom. The quantitative estimate of drug-likeness (QED) is 0.709. The van der Waals surface area contributed by atoms with E-state index in [-0.39, 0.29) is 12.3 Å². The number of likely N-dealkylation sites (N-methyl/N-ethyl adjacent to an activating group) is 1. The molecule has 102 valence electrons. The van der Waals surface area contributed by atoms with Gasteiger partial charge in [0.25, 0.3) is 0 Å². The van der Waals surface area contributed by atoms with E-state index in [2.05, 4.69) is 11.9 Å². The van der Waals surface area contributed by atoms with Crippen LogP contribution in [-0.2, 0) is 9.59 Å².